The van der Waals surface area contributed by atoms with Crippen LogP contribution in [0, 0.1) is 0 Å². The fourth-order valence-electron chi connectivity index (χ4n) is 1.13. The smallest absolute Gasteiger partial charge is 0.314 e. The average molecular weight is 288 g/mol. The summed E-state index contributed by atoms with van der Waals surface area (Å²) >= 11 is 0. The van der Waals surface area contributed by atoms with Crippen molar-refractivity contribution in [3.05, 3.63) is 0 Å². The first-order chi connectivity index (χ1) is 7.87. The number of hydrogen-bond acceptors (Lipinski definition) is 2. The van der Waals surface area contributed by atoms with Crippen molar-refractivity contribution < 1.29 is 35.1 Å². The average Bonchev–Trinajstić information content (AvgIpc) is 2.16. The third-order valence-corrected chi connectivity index (χ3v) is 2.11. The molecule has 0 bridgehead atoms. The van der Waals surface area contributed by atoms with Crippen molar-refractivity contribution >= 4 is 0 Å². The maximum Gasteiger partial charge on any atom is 0.379 e. The van der Waals surface area contributed by atoms with Crippen LogP contribution in [0.2, 0.25) is 0 Å². The summed E-state index contributed by atoms with van der Waals surface area (Å²) in [5.74, 6) is -23.0. The molecule has 0 saturated heterocycles. The largest absolute Gasteiger partial charge is 0.379 e. The van der Waals surface area contributed by atoms with Crippen LogP contribution < -0.4 is 10.6 Å². The SMILES string of the molecule is CNCC(F)(F)C(F)(F)C(F)(F)C(F)(F)CNC. The second-order valence-corrected chi connectivity index (χ2v) is 3.62. The van der Waals surface area contributed by atoms with Crippen molar-refractivity contribution in [1.82, 2.24) is 10.6 Å². The zero-order valence-corrected chi connectivity index (χ0v) is 9.44. The zero-order valence-electron chi connectivity index (χ0n) is 9.44. The van der Waals surface area contributed by atoms with E-state index >= 15 is 0 Å². The Bertz CT molecular complexity index is 250. The second-order valence-electron chi connectivity index (χ2n) is 3.62. The molecule has 0 aliphatic heterocycles. The van der Waals surface area contributed by atoms with Gasteiger partial charge < -0.3 is 10.6 Å². The van der Waals surface area contributed by atoms with Crippen LogP contribution in [-0.4, -0.2) is 50.9 Å². The number of nitrogens with one attached hydrogen (secondary N) is 2. The fourth-order valence-corrected chi connectivity index (χ4v) is 1.13. The van der Waals surface area contributed by atoms with Crippen molar-refractivity contribution in [2.24, 2.45) is 0 Å². The summed E-state index contributed by atoms with van der Waals surface area (Å²) in [5.41, 5.74) is 0. The van der Waals surface area contributed by atoms with Gasteiger partial charge in [-0.1, -0.05) is 0 Å². The van der Waals surface area contributed by atoms with E-state index in [9.17, 15) is 35.1 Å². The van der Waals surface area contributed by atoms with Crippen molar-refractivity contribution in [3.8, 4) is 0 Å². The molecule has 18 heavy (non-hydrogen) atoms. The molecule has 0 atom stereocenters. The van der Waals surface area contributed by atoms with Crippen LogP contribution in [0.3, 0.4) is 0 Å². The highest BCUT2D eigenvalue weighted by atomic mass is 19.4. The topological polar surface area (TPSA) is 24.1 Å². The summed E-state index contributed by atoms with van der Waals surface area (Å²) in [6.45, 7) is -3.71. The predicted molar refractivity (Wildman–Crippen MR) is 47.6 cm³/mol. The minimum absolute atomic E-state index is 0.799. The van der Waals surface area contributed by atoms with Gasteiger partial charge in [0.25, 0.3) is 0 Å². The van der Waals surface area contributed by atoms with E-state index in [1.165, 1.54) is 0 Å². The molecule has 110 valence electrons. The molecule has 0 amide bonds. The van der Waals surface area contributed by atoms with E-state index in [1.54, 1.807) is 10.6 Å². The molecule has 0 aliphatic rings. The first-order valence-electron chi connectivity index (χ1n) is 4.68. The van der Waals surface area contributed by atoms with E-state index in [0.29, 0.717) is 0 Å². The van der Waals surface area contributed by atoms with Crippen LogP contribution in [0.5, 0.6) is 0 Å². The molecule has 10 heteroatoms. The van der Waals surface area contributed by atoms with Crippen LogP contribution in [0.4, 0.5) is 35.1 Å². The minimum atomic E-state index is -6.19. The highest BCUT2D eigenvalue weighted by molar-refractivity contribution is 5.04. The van der Waals surface area contributed by atoms with Gasteiger partial charge in [-0.05, 0) is 14.1 Å². The first-order valence-corrected chi connectivity index (χ1v) is 4.68. The van der Waals surface area contributed by atoms with E-state index in [4.69, 9.17) is 0 Å². The molecule has 2 nitrogen and oxygen atoms in total. The molecule has 0 aromatic heterocycles. The molecule has 0 rings (SSSR count). The Morgan fingerprint density at radius 2 is 0.833 bits per heavy atom. The minimum Gasteiger partial charge on any atom is -0.314 e. The molecule has 0 saturated carbocycles. The third kappa shape index (κ3) is 2.68. The molecule has 0 aromatic rings. The van der Waals surface area contributed by atoms with Crippen LogP contribution in [0.1, 0.15) is 0 Å². The quantitative estimate of drug-likeness (QED) is 0.700. The summed E-state index contributed by atoms with van der Waals surface area (Å²) in [7, 11) is 1.60. The summed E-state index contributed by atoms with van der Waals surface area (Å²) in [6, 6.07) is 0. The second kappa shape index (κ2) is 5.16. The number of hydrogen-bond donors (Lipinski definition) is 2. The Balaban J connectivity index is 5.43. The lowest BCUT2D eigenvalue weighted by molar-refractivity contribution is -0.362. The van der Waals surface area contributed by atoms with Crippen molar-refractivity contribution in [2.45, 2.75) is 23.7 Å². The van der Waals surface area contributed by atoms with Gasteiger partial charge in [0, 0.05) is 0 Å². The normalized spacial score (nSPS) is 15.0. The van der Waals surface area contributed by atoms with Crippen LogP contribution in [0.25, 0.3) is 0 Å². The highest BCUT2D eigenvalue weighted by Gasteiger charge is 2.79. The van der Waals surface area contributed by atoms with E-state index < -0.39 is 36.8 Å². The Kier molecular flexibility index (Phi) is 4.97. The first kappa shape index (κ1) is 17.4. The Morgan fingerprint density at radius 1 is 0.611 bits per heavy atom. The predicted octanol–water partition coefficient (Wildman–Crippen LogP) is 1.97. The molecule has 0 aliphatic carbocycles. The van der Waals surface area contributed by atoms with E-state index in [2.05, 4.69) is 0 Å². The van der Waals surface area contributed by atoms with Gasteiger partial charge in [-0.2, -0.15) is 35.1 Å². The van der Waals surface area contributed by atoms with E-state index in [-0.39, 0.29) is 0 Å². The summed E-state index contributed by atoms with van der Waals surface area (Å²) in [4.78, 5) is 0. The van der Waals surface area contributed by atoms with Crippen molar-refractivity contribution in [1.29, 1.82) is 0 Å². The highest BCUT2D eigenvalue weighted by Crippen LogP contribution is 2.52. The van der Waals surface area contributed by atoms with E-state index in [1.807, 2.05) is 0 Å². The lowest BCUT2D eigenvalue weighted by Crippen LogP contribution is -2.66. The van der Waals surface area contributed by atoms with Gasteiger partial charge in [-0.3, -0.25) is 0 Å². The van der Waals surface area contributed by atoms with Gasteiger partial charge >= 0.3 is 23.7 Å². The van der Waals surface area contributed by atoms with Gasteiger partial charge in [0.05, 0.1) is 13.1 Å². The summed E-state index contributed by atoms with van der Waals surface area (Å²) in [5, 5.41) is 3.09. The maximum atomic E-state index is 12.9. The summed E-state index contributed by atoms with van der Waals surface area (Å²) in [6.07, 6.45) is 0. The van der Waals surface area contributed by atoms with Crippen LogP contribution >= 0.6 is 0 Å². The van der Waals surface area contributed by atoms with Crippen molar-refractivity contribution in [2.75, 3.05) is 27.2 Å². The number of rotatable bonds is 7. The lowest BCUT2D eigenvalue weighted by Gasteiger charge is -2.36. The number of halogens is 8. The molecule has 0 spiro atoms. The fraction of sp³-hybridized carbons (Fsp3) is 1.00. The van der Waals surface area contributed by atoms with Crippen LogP contribution in [-0.2, 0) is 0 Å². The molecular weight excluding hydrogens is 276 g/mol. The third-order valence-electron chi connectivity index (χ3n) is 2.11. The molecule has 0 unspecified atom stereocenters. The molecule has 0 aromatic carbocycles. The van der Waals surface area contributed by atoms with Gasteiger partial charge in [0.1, 0.15) is 0 Å². The maximum absolute atomic E-state index is 12.9. The van der Waals surface area contributed by atoms with Gasteiger partial charge in [-0.15, -0.1) is 0 Å². The molecule has 0 heterocycles. The zero-order chi connectivity index (χ0) is 14.8. The van der Waals surface area contributed by atoms with Gasteiger partial charge in [0.2, 0.25) is 0 Å². The summed E-state index contributed by atoms with van der Waals surface area (Å²) < 4.78 is 103. The molecular formula is C8H12F8N2. The lowest BCUT2D eigenvalue weighted by atomic mass is 9.98. The number of alkyl halides is 8. The molecule has 2 N–H and O–H groups in total. The van der Waals surface area contributed by atoms with Gasteiger partial charge in [0.15, 0.2) is 0 Å². The molecule has 0 radical (unpaired) electrons. The monoisotopic (exact) mass is 288 g/mol. The Labute approximate surface area is 97.7 Å². The Morgan fingerprint density at radius 3 is 1.00 bits per heavy atom. The molecule has 0 fully saturated rings. The van der Waals surface area contributed by atoms with Crippen LogP contribution in [0.15, 0.2) is 0 Å². The van der Waals surface area contributed by atoms with Crippen molar-refractivity contribution in [3.63, 3.8) is 0 Å². The van der Waals surface area contributed by atoms with Gasteiger partial charge in [-0.25, -0.2) is 0 Å². The Hall–Kier alpha value is -0.640. The standard InChI is InChI=1S/C8H12F8N2/c1-17-3-5(9,10)7(13,14)8(15,16)6(11,12)4-18-2/h17-18H,3-4H2,1-2H3. The van der Waals surface area contributed by atoms with E-state index in [0.717, 1.165) is 14.1 Å².